The standard InChI is InChI=1S/C130H68N14O2S2/c131-69-73-23-21-28-79(61-73)80-47-51-99(129-137-126(78-26-5-2-6-27-78)136-128(140-129)98-50-46-75(71-133)65-110(98)143-103-40-16-9-34-95(103)118-107(143)59-55-91-87-31-13-20-44-115(87)147-123(91)118)111(67-80)144-104-41-17-10-35-96(104)119-108(144)60-56-92-90-37-22-36-84(122(90)148-124(92)119)83-63-76(72-134)62-82(66-83)81-48-52-100(112(68-81)142-102-39-15-8-33-94(102)117-106(142)58-54-89-86-30-12-19-43-114(86)146-121(89)117)130-138-125(77-24-3-1-4-25-77)135-127(139-130)97-49-45-74(70-132)64-109(97)141-101-38-14-7-32-93(101)116-105(141)57-53-88-85-29-11-18-42-113(85)145-120(88)116/h1-68H. The second-order valence-electron chi connectivity index (χ2n) is 37.4. The fraction of sp³-hybridized carbons (Fsp3) is 0. The Morgan fingerprint density at radius 1 is 0.196 bits per heavy atom. The first-order valence-electron chi connectivity index (χ1n) is 48.6. The molecule has 0 aliphatic rings. The van der Waals surface area contributed by atoms with Crippen LogP contribution in [-0.2, 0) is 0 Å². The molecule has 16 nitrogen and oxygen atoms in total. The van der Waals surface area contributed by atoms with E-state index >= 15 is 0 Å². The van der Waals surface area contributed by atoms with Crippen LogP contribution in [0.2, 0.25) is 0 Å². The van der Waals surface area contributed by atoms with E-state index in [0.29, 0.717) is 85.1 Å². The Balaban J connectivity index is 0.604. The number of nitrogens with zero attached hydrogens (tertiary/aromatic N) is 14. The molecule has 0 radical (unpaired) electrons. The van der Waals surface area contributed by atoms with E-state index in [1.807, 2.05) is 182 Å². The molecule has 30 rings (SSSR count). The smallest absolute Gasteiger partial charge is 0.166 e. The van der Waals surface area contributed by atoms with Gasteiger partial charge in [0.25, 0.3) is 0 Å². The van der Waals surface area contributed by atoms with Crippen molar-refractivity contribution in [3.63, 3.8) is 0 Å². The summed E-state index contributed by atoms with van der Waals surface area (Å²) in [6, 6.07) is 151. The van der Waals surface area contributed by atoms with Crippen LogP contribution in [0.25, 0.3) is 296 Å². The maximum absolute atomic E-state index is 11.6. The summed E-state index contributed by atoms with van der Waals surface area (Å²) in [5.74, 6) is 2.46. The Kier molecular flexibility index (Phi) is 18.4. The van der Waals surface area contributed by atoms with Gasteiger partial charge in [-0.3, -0.25) is 0 Å². The number of nitriles is 4. The Bertz CT molecular complexity index is 11300. The van der Waals surface area contributed by atoms with Crippen LogP contribution in [-0.4, -0.2) is 48.2 Å². The van der Waals surface area contributed by atoms with E-state index in [0.717, 1.165) is 213 Å². The van der Waals surface area contributed by atoms with Crippen molar-refractivity contribution < 1.29 is 8.83 Å². The highest BCUT2D eigenvalue weighted by atomic mass is 32.1. The first kappa shape index (κ1) is 83.4. The molecule has 10 heterocycles. The predicted octanol–water partition coefficient (Wildman–Crippen LogP) is 33.5. The molecule has 0 unspecified atom stereocenters. The highest BCUT2D eigenvalue weighted by Crippen LogP contribution is 2.53. The fourth-order valence-corrected chi connectivity index (χ4v) is 25.5. The molecule has 30 aromatic rings. The van der Waals surface area contributed by atoms with E-state index in [-0.39, 0.29) is 0 Å². The topological polar surface area (TPSA) is 218 Å². The maximum atomic E-state index is 11.6. The van der Waals surface area contributed by atoms with Gasteiger partial charge < -0.3 is 27.1 Å². The van der Waals surface area contributed by atoms with Crippen molar-refractivity contribution in [1.29, 1.82) is 21.0 Å². The molecular formula is C130H68N14O2S2. The van der Waals surface area contributed by atoms with Gasteiger partial charge in [0.15, 0.2) is 34.9 Å². The number of thiophene rings is 2. The summed E-state index contributed by atoms with van der Waals surface area (Å²) in [5, 5.41) is 60.6. The lowest BCUT2D eigenvalue weighted by Gasteiger charge is -2.18. The molecule has 18 heteroatoms. The number of aromatic nitrogens is 10. The van der Waals surface area contributed by atoms with Gasteiger partial charge in [0, 0.05) is 128 Å². The summed E-state index contributed by atoms with van der Waals surface area (Å²) >= 11 is 3.53. The number of benzene rings is 20. The quantitative estimate of drug-likeness (QED) is 0.105. The SMILES string of the molecule is N#Cc1cccc(-c2ccc(-c3nc(-c4ccccc4)nc(-c4ccc(C#N)cc4-n4c5ccccc5c5c6sc7ccccc7c6ccc54)n3)c(-n3c4ccccc4c4c5sc6c(-c7cc(C#N)cc(-c8ccc(-c9nc(-c%10ccccc%10)nc(-c%10ccc(C#N)cc%10-n%10c%11ccccc%11c%11c%12oc%13ccccc%13c%12ccc%11%10)n9)c(-n9c%10ccccc%10c%10c%11oc%12ccccc%12c%11ccc%109)c8)c7)cccc6c5ccc43)c2)c1. The summed E-state index contributed by atoms with van der Waals surface area (Å²) in [6.45, 7) is 0. The fourth-order valence-electron chi connectivity index (χ4n) is 22.8. The first-order chi connectivity index (χ1) is 73.2. The maximum Gasteiger partial charge on any atom is 0.166 e. The van der Waals surface area contributed by atoms with E-state index in [2.05, 4.69) is 273 Å². The zero-order valence-electron chi connectivity index (χ0n) is 78.2. The molecule has 0 atom stereocenters. The normalized spacial score (nSPS) is 11.9. The van der Waals surface area contributed by atoms with E-state index in [9.17, 15) is 21.0 Å². The van der Waals surface area contributed by atoms with Gasteiger partial charge in [-0.15, -0.1) is 22.7 Å². The summed E-state index contributed by atoms with van der Waals surface area (Å²) in [5.41, 5.74) is 24.8. The molecule has 0 amide bonds. The Labute approximate surface area is 849 Å². The minimum Gasteiger partial charge on any atom is -0.455 e. The number of furan rings is 2. The number of hydrogen-bond acceptors (Lipinski definition) is 14. The lowest BCUT2D eigenvalue weighted by Crippen LogP contribution is -2.06. The molecule has 0 fully saturated rings. The molecule has 0 aliphatic heterocycles. The summed E-state index contributed by atoms with van der Waals surface area (Å²) in [6.07, 6.45) is 0. The van der Waals surface area contributed by atoms with Crippen LogP contribution in [0.15, 0.2) is 421 Å². The van der Waals surface area contributed by atoms with Gasteiger partial charge >= 0.3 is 0 Å². The van der Waals surface area contributed by atoms with Crippen LogP contribution in [0.3, 0.4) is 0 Å². The third kappa shape index (κ3) is 12.7. The van der Waals surface area contributed by atoms with Crippen molar-refractivity contribution in [2.75, 3.05) is 0 Å². The zero-order chi connectivity index (χ0) is 97.8. The third-order valence-corrected chi connectivity index (χ3v) is 31.9. The lowest BCUT2D eigenvalue weighted by atomic mass is 9.94. The highest BCUT2D eigenvalue weighted by Gasteiger charge is 2.32. The van der Waals surface area contributed by atoms with Gasteiger partial charge in [-0.25, -0.2) is 29.9 Å². The summed E-state index contributed by atoms with van der Waals surface area (Å²) in [7, 11) is 0. The van der Waals surface area contributed by atoms with Crippen LogP contribution in [0.5, 0.6) is 0 Å². The minimum absolute atomic E-state index is 0.374. The van der Waals surface area contributed by atoms with Crippen LogP contribution < -0.4 is 0 Å². The van der Waals surface area contributed by atoms with Crippen LogP contribution >= 0.6 is 22.7 Å². The van der Waals surface area contributed by atoms with Crippen LogP contribution in [0.4, 0.5) is 0 Å². The van der Waals surface area contributed by atoms with Crippen LogP contribution in [0, 0.1) is 45.3 Å². The van der Waals surface area contributed by atoms with Crippen molar-refractivity contribution in [3.8, 4) is 149 Å². The summed E-state index contributed by atoms with van der Waals surface area (Å²) in [4.78, 5) is 33.5. The molecule has 20 aromatic carbocycles. The monoisotopic (exact) mass is 1920 g/mol. The molecule has 10 aromatic heterocycles. The Morgan fingerprint density at radius 3 is 1.02 bits per heavy atom. The largest absolute Gasteiger partial charge is 0.455 e. The second-order valence-corrected chi connectivity index (χ2v) is 39.5. The van der Waals surface area contributed by atoms with Gasteiger partial charge in [-0.1, -0.05) is 243 Å². The highest BCUT2D eigenvalue weighted by molar-refractivity contribution is 7.27. The van der Waals surface area contributed by atoms with Crippen molar-refractivity contribution in [2.45, 2.75) is 0 Å². The molecule has 0 saturated heterocycles. The van der Waals surface area contributed by atoms with Crippen molar-refractivity contribution in [2.24, 2.45) is 0 Å². The second kappa shape index (κ2) is 32.6. The van der Waals surface area contributed by atoms with E-state index in [1.165, 1.54) is 20.2 Å². The third-order valence-electron chi connectivity index (χ3n) is 29.4. The number of para-hydroxylation sites is 6. The number of hydrogen-bond donors (Lipinski definition) is 0. The molecule has 0 spiro atoms. The van der Waals surface area contributed by atoms with E-state index < -0.39 is 0 Å². The summed E-state index contributed by atoms with van der Waals surface area (Å²) < 4.78 is 27.4. The zero-order valence-corrected chi connectivity index (χ0v) is 79.8. The predicted molar refractivity (Wildman–Crippen MR) is 599 cm³/mol. The number of fused-ring (bicyclic) bond motifs is 28. The van der Waals surface area contributed by atoms with E-state index in [1.54, 1.807) is 22.7 Å². The van der Waals surface area contributed by atoms with Crippen LogP contribution in [0.1, 0.15) is 22.3 Å². The number of rotatable bonds is 13. The molecule has 0 aliphatic carbocycles. The van der Waals surface area contributed by atoms with Gasteiger partial charge in [0.1, 0.15) is 22.3 Å². The van der Waals surface area contributed by atoms with Crippen molar-refractivity contribution in [1.82, 2.24) is 48.2 Å². The molecule has 0 N–H and O–H groups in total. The molecule has 0 bridgehead atoms. The Morgan fingerprint density at radius 2 is 0.534 bits per heavy atom. The van der Waals surface area contributed by atoms with Gasteiger partial charge in [0.05, 0.1) is 124 Å². The average molecular weight is 1920 g/mol. The van der Waals surface area contributed by atoms with Gasteiger partial charge in [-0.05, 0) is 203 Å². The molecule has 148 heavy (non-hydrogen) atoms. The lowest BCUT2D eigenvalue weighted by molar-refractivity contribution is 0.672. The molecule has 682 valence electrons. The first-order valence-corrected chi connectivity index (χ1v) is 50.3. The van der Waals surface area contributed by atoms with Crippen molar-refractivity contribution >= 4 is 194 Å². The Hall–Kier alpha value is -20.4. The van der Waals surface area contributed by atoms with E-state index in [4.69, 9.17) is 38.7 Å². The van der Waals surface area contributed by atoms with Crippen molar-refractivity contribution in [3.05, 3.63) is 435 Å². The molecular weight excluding hydrogens is 1850 g/mol. The van der Waals surface area contributed by atoms with Gasteiger partial charge in [-0.2, -0.15) is 21.0 Å². The average Bonchev–Trinajstić information content (AvgIpc) is 1.55. The molecule has 0 saturated carbocycles. The minimum atomic E-state index is 0.374. The van der Waals surface area contributed by atoms with Gasteiger partial charge in [0.2, 0.25) is 0 Å².